The molecule has 0 aliphatic heterocycles. The summed E-state index contributed by atoms with van der Waals surface area (Å²) in [5.74, 6) is -56.6. The minimum Gasteiger partial charge on any atom is -0.432 e. The van der Waals surface area contributed by atoms with Crippen molar-refractivity contribution in [3.63, 3.8) is 0 Å². The van der Waals surface area contributed by atoms with E-state index in [2.05, 4.69) is 0 Å². The molecule has 1 atom stereocenters. The van der Waals surface area contributed by atoms with Crippen molar-refractivity contribution in [3.05, 3.63) is 0 Å². The Bertz CT molecular complexity index is 659. The summed E-state index contributed by atoms with van der Waals surface area (Å²) in [6.07, 6.45) is -7.78. The Morgan fingerprint density at radius 3 is 0.935 bits per heavy atom. The Labute approximate surface area is 162 Å². The lowest BCUT2D eigenvalue weighted by Gasteiger charge is -2.44. The third-order valence-electron chi connectivity index (χ3n) is 4.35. The average Bonchev–Trinajstić information content (AvgIpc) is 2.50. The molecule has 0 bridgehead atoms. The summed E-state index contributed by atoms with van der Waals surface area (Å²) in [5, 5.41) is 0. The van der Waals surface area contributed by atoms with Gasteiger partial charge in [0.05, 0.1) is 0 Å². The van der Waals surface area contributed by atoms with Gasteiger partial charge >= 0.3 is 47.6 Å². The summed E-state index contributed by atoms with van der Waals surface area (Å²) in [5.41, 5.74) is -3.36. The van der Waals surface area contributed by atoms with E-state index in [1.165, 1.54) is 0 Å². The molecule has 0 saturated carbocycles. The topological polar surface area (TPSA) is 20.2 Å². The number of rotatable bonds is 8. The van der Waals surface area contributed by atoms with Crippen LogP contribution in [0.2, 0.25) is 18.6 Å². The summed E-state index contributed by atoms with van der Waals surface area (Å²) in [7, 11) is -4.69. The van der Waals surface area contributed by atoms with Crippen molar-refractivity contribution < 1.29 is 79.4 Å². The molecule has 0 aromatic rings. The summed E-state index contributed by atoms with van der Waals surface area (Å²) in [4.78, 5) is 9.34. The second kappa shape index (κ2) is 7.24. The Morgan fingerprint density at radius 2 is 0.710 bits per heavy atom. The van der Waals surface area contributed by atoms with Crippen LogP contribution in [0.15, 0.2) is 0 Å². The predicted molar refractivity (Wildman–Crippen MR) is 69.8 cm³/mol. The zero-order chi connectivity index (χ0) is 26.1. The molecule has 1 unspecified atom stereocenters. The minimum absolute atomic E-state index is 0.126. The molecule has 0 fully saturated rings. The molecule has 1 nitrogen and oxygen atoms in total. The molecule has 0 heterocycles. The fourth-order valence-electron chi connectivity index (χ4n) is 1.89. The van der Waals surface area contributed by atoms with E-state index in [4.69, 9.17) is 0 Å². The Kier molecular flexibility index (Phi) is 7.01. The van der Waals surface area contributed by atoms with Gasteiger partial charge in [-0.1, -0.05) is 6.92 Å². The molecule has 0 aliphatic carbocycles. The Morgan fingerprint density at radius 1 is 0.484 bits per heavy atom. The first-order valence-electron chi connectivity index (χ1n) is 7.34. The van der Waals surface area contributed by atoms with E-state index in [1.807, 2.05) is 0 Å². The molecule has 188 valence electrons. The van der Waals surface area contributed by atoms with Gasteiger partial charge in [0.1, 0.15) is 0 Å². The van der Waals surface area contributed by atoms with Crippen LogP contribution in [0.25, 0.3) is 0 Å². The van der Waals surface area contributed by atoms with E-state index in [-0.39, 0.29) is 6.92 Å². The predicted octanol–water partition coefficient (Wildman–Crippen LogP) is 6.58. The number of alkyl halides is 17. The third kappa shape index (κ3) is 3.86. The van der Waals surface area contributed by atoms with Gasteiger partial charge in [0.2, 0.25) is 0 Å². The second-order valence-electron chi connectivity index (χ2n) is 6.94. The first-order chi connectivity index (χ1) is 12.9. The first-order valence-corrected chi connectivity index (χ1v) is 10.4. The first kappa shape index (κ1) is 30.0. The van der Waals surface area contributed by atoms with Crippen LogP contribution in [0.5, 0.6) is 0 Å². The molecule has 0 radical (unpaired) electrons. The lowest BCUT2D eigenvalue weighted by atomic mass is 9.88. The van der Waals surface area contributed by atoms with E-state index >= 15 is 0 Å². The van der Waals surface area contributed by atoms with E-state index < -0.39 is 61.5 Å². The van der Waals surface area contributed by atoms with Gasteiger partial charge in [0, 0.05) is 5.54 Å². The van der Waals surface area contributed by atoms with Gasteiger partial charge in [-0.05, 0) is 13.1 Å². The van der Waals surface area contributed by atoms with Crippen molar-refractivity contribution >= 4 is 8.32 Å². The molecule has 0 aromatic heterocycles. The molecular formula is C12H11F17OSi. The molecule has 0 aromatic carbocycles. The van der Waals surface area contributed by atoms with E-state index in [9.17, 15) is 79.4 Å². The van der Waals surface area contributed by atoms with Crippen LogP contribution >= 0.6 is 0 Å². The van der Waals surface area contributed by atoms with Gasteiger partial charge in [-0.25, -0.2) is 0 Å². The maximum Gasteiger partial charge on any atom is 0.460 e. The highest BCUT2D eigenvalue weighted by atomic mass is 28.4. The molecule has 0 rings (SSSR count). The number of hydrogen-bond acceptors (Lipinski definition) is 1. The number of halogens is 17. The minimum atomic E-state index is -8.64. The largest absolute Gasteiger partial charge is 0.460 e. The summed E-state index contributed by atoms with van der Waals surface area (Å²) >= 11 is 0. The fourth-order valence-corrected chi connectivity index (χ4v) is 2.96. The van der Waals surface area contributed by atoms with Gasteiger partial charge in [-0.15, -0.1) is 0 Å². The molecule has 31 heavy (non-hydrogen) atoms. The Hall–Kier alpha value is -1.01. The smallest absolute Gasteiger partial charge is 0.432 e. The Balaban J connectivity index is 6.84. The van der Waals surface area contributed by atoms with Crippen molar-refractivity contribution in [2.75, 3.05) is 0 Å². The van der Waals surface area contributed by atoms with Crippen LogP contribution in [0.4, 0.5) is 74.6 Å². The monoisotopic (exact) mass is 522 g/mol. The lowest BCUT2D eigenvalue weighted by molar-refractivity contribution is -0.461. The van der Waals surface area contributed by atoms with Crippen molar-refractivity contribution in [2.24, 2.45) is 0 Å². The summed E-state index contributed by atoms with van der Waals surface area (Å²) in [6, 6.07) is 0. The third-order valence-corrected chi connectivity index (χ3v) is 6.83. The molecule has 0 amide bonds. The van der Waals surface area contributed by atoms with Crippen molar-refractivity contribution in [3.8, 4) is 0 Å². The molecular weight excluding hydrogens is 511 g/mol. The zero-order valence-corrected chi connectivity index (χ0v) is 15.9. The van der Waals surface area contributed by atoms with Gasteiger partial charge in [-0.3, -0.25) is 0 Å². The highest BCUT2D eigenvalue weighted by Crippen LogP contribution is 2.65. The van der Waals surface area contributed by atoms with Crippen LogP contribution < -0.4 is 0 Å². The quantitative estimate of drug-likeness (QED) is 0.282. The van der Waals surface area contributed by atoms with Gasteiger partial charge < -0.3 is 4.80 Å². The standard InChI is InChI=1S/C12H11F17OSi/c1-4(31(2,3)30)5(13,14)6(15,16)7(17,18)8(19,20)9(21,22)10(23,24)11(25,26)12(27,28)29/h4,30H,1-3H3. The van der Waals surface area contributed by atoms with Crippen LogP contribution in [-0.4, -0.2) is 60.7 Å². The molecule has 0 saturated heterocycles. The van der Waals surface area contributed by atoms with Gasteiger partial charge in [0.15, 0.2) is 8.32 Å². The van der Waals surface area contributed by atoms with Crippen LogP contribution in [0.3, 0.4) is 0 Å². The molecule has 0 spiro atoms. The zero-order valence-electron chi connectivity index (χ0n) is 14.9. The van der Waals surface area contributed by atoms with E-state index in [1.54, 1.807) is 0 Å². The van der Waals surface area contributed by atoms with Crippen LogP contribution in [0.1, 0.15) is 6.92 Å². The van der Waals surface area contributed by atoms with E-state index in [0.717, 1.165) is 0 Å². The van der Waals surface area contributed by atoms with Crippen LogP contribution in [-0.2, 0) is 0 Å². The van der Waals surface area contributed by atoms with Crippen LogP contribution in [0, 0.1) is 0 Å². The van der Waals surface area contributed by atoms with Crippen molar-refractivity contribution in [1.29, 1.82) is 0 Å². The van der Waals surface area contributed by atoms with E-state index in [0.29, 0.717) is 13.1 Å². The van der Waals surface area contributed by atoms with Crippen molar-refractivity contribution in [2.45, 2.75) is 73.2 Å². The van der Waals surface area contributed by atoms with Crippen molar-refractivity contribution in [1.82, 2.24) is 0 Å². The maximum absolute atomic E-state index is 13.8. The normalized spacial score (nSPS) is 17.7. The SMILES string of the molecule is CC(C(F)(F)C(F)(F)C(F)(F)C(F)(F)C(F)(F)C(F)(F)C(F)(F)C(F)(F)F)[Si](C)(C)O. The molecule has 1 N–H and O–H groups in total. The lowest BCUT2D eigenvalue weighted by Crippen LogP contribution is -2.75. The second-order valence-corrected chi connectivity index (χ2v) is 11.1. The highest BCUT2D eigenvalue weighted by molar-refractivity contribution is 6.71. The fraction of sp³-hybridized carbons (Fsp3) is 1.00. The number of hydrogen-bond donors (Lipinski definition) is 1. The molecule has 19 heteroatoms. The molecule has 0 aliphatic rings. The maximum atomic E-state index is 13.8. The summed E-state index contributed by atoms with van der Waals surface area (Å²) < 4.78 is 222. The average molecular weight is 522 g/mol. The highest BCUT2D eigenvalue weighted by Gasteiger charge is 2.95. The summed E-state index contributed by atoms with van der Waals surface area (Å²) in [6.45, 7) is 0.605. The van der Waals surface area contributed by atoms with Gasteiger partial charge in [0.25, 0.3) is 0 Å². The van der Waals surface area contributed by atoms with Gasteiger partial charge in [-0.2, -0.15) is 74.6 Å².